The average molecular weight is 251 g/mol. The van der Waals surface area contributed by atoms with Crippen LogP contribution in [-0.2, 0) is 6.42 Å². The largest absolute Gasteiger partial charge is 0.508 e. The highest BCUT2D eigenvalue weighted by Gasteiger charge is 2.20. The monoisotopic (exact) mass is 251 g/mol. The van der Waals surface area contributed by atoms with E-state index in [1.165, 1.54) is 24.0 Å². The van der Waals surface area contributed by atoms with E-state index >= 15 is 0 Å². The standard InChI is InChI=1S/C14H21NOS/c1-10(17-2)9-15-14-5-3-4-11-6-7-12(16)8-13(11)14/h6-8,10,14-16H,3-5,9H2,1-2H3. The van der Waals surface area contributed by atoms with Gasteiger partial charge < -0.3 is 10.4 Å². The van der Waals surface area contributed by atoms with Gasteiger partial charge >= 0.3 is 0 Å². The number of phenols is 1. The van der Waals surface area contributed by atoms with E-state index in [0.29, 0.717) is 17.0 Å². The zero-order valence-corrected chi connectivity index (χ0v) is 11.4. The van der Waals surface area contributed by atoms with E-state index in [9.17, 15) is 5.11 Å². The van der Waals surface area contributed by atoms with E-state index in [0.717, 1.165) is 13.0 Å². The maximum Gasteiger partial charge on any atom is 0.115 e. The molecule has 0 aromatic heterocycles. The number of benzene rings is 1. The molecule has 0 bridgehead atoms. The molecule has 17 heavy (non-hydrogen) atoms. The van der Waals surface area contributed by atoms with Crippen molar-refractivity contribution in [2.75, 3.05) is 12.8 Å². The highest BCUT2D eigenvalue weighted by Crippen LogP contribution is 2.32. The van der Waals surface area contributed by atoms with Gasteiger partial charge in [0.05, 0.1) is 0 Å². The fraction of sp³-hybridized carbons (Fsp3) is 0.571. The Kier molecular flexibility index (Phi) is 4.35. The predicted molar refractivity (Wildman–Crippen MR) is 74.8 cm³/mol. The average Bonchev–Trinajstić information content (AvgIpc) is 2.35. The zero-order chi connectivity index (χ0) is 12.3. The molecule has 0 saturated heterocycles. The molecule has 0 heterocycles. The smallest absolute Gasteiger partial charge is 0.115 e. The van der Waals surface area contributed by atoms with Crippen LogP contribution in [0.5, 0.6) is 5.75 Å². The summed E-state index contributed by atoms with van der Waals surface area (Å²) < 4.78 is 0. The van der Waals surface area contributed by atoms with Gasteiger partial charge in [-0.15, -0.1) is 0 Å². The van der Waals surface area contributed by atoms with Crippen molar-refractivity contribution in [1.29, 1.82) is 0 Å². The molecule has 1 aliphatic rings. The van der Waals surface area contributed by atoms with Crippen LogP contribution in [0.25, 0.3) is 0 Å². The molecule has 1 aromatic rings. The van der Waals surface area contributed by atoms with Crippen LogP contribution in [0.4, 0.5) is 0 Å². The quantitative estimate of drug-likeness (QED) is 0.862. The Morgan fingerprint density at radius 3 is 3.12 bits per heavy atom. The third kappa shape index (κ3) is 3.17. The summed E-state index contributed by atoms with van der Waals surface area (Å²) in [6, 6.07) is 6.21. The molecule has 0 saturated carbocycles. The van der Waals surface area contributed by atoms with Crippen LogP contribution in [0.3, 0.4) is 0 Å². The highest BCUT2D eigenvalue weighted by molar-refractivity contribution is 7.99. The summed E-state index contributed by atoms with van der Waals surface area (Å²) in [5, 5.41) is 13.9. The number of nitrogens with one attached hydrogen (secondary N) is 1. The van der Waals surface area contributed by atoms with Gasteiger partial charge in [0.2, 0.25) is 0 Å². The van der Waals surface area contributed by atoms with Crippen LogP contribution in [0, 0.1) is 0 Å². The minimum atomic E-state index is 0.385. The number of fused-ring (bicyclic) bond motifs is 1. The third-order valence-electron chi connectivity index (χ3n) is 3.50. The highest BCUT2D eigenvalue weighted by atomic mass is 32.2. The Morgan fingerprint density at radius 2 is 2.35 bits per heavy atom. The van der Waals surface area contributed by atoms with Crippen LogP contribution in [0.2, 0.25) is 0 Å². The van der Waals surface area contributed by atoms with Crippen molar-refractivity contribution in [1.82, 2.24) is 5.32 Å². The van der Waals surface area contributed by atoms with Crippen LogP contribution in [-0.4, -0.2) is 23.2 Å². The molecule has 0 aliphatic heterocycles. The SMILES string of the molecule is CSC(C)CNC1CCCc2ccc(O)cc21. The van der Waals surface area contributed by atoms with Gasteiger partial charge in [-0.05, 0) is 48.8 Å². The van der Waals surface area contributed by atoms with Crippen molar-refractivity contribution < 1.29 is 5.11 Å². The number of phenolic OH excluding ortho intramolecular Hbond substituents is 1. The number of aryl methyl sites for hydroxylation is 1. The van der Waals surface area contributed by atoms with E-state index in [2.05, 4.69) is 24.6 Å². The van der Waals surface area contributed by atoms with Crippen molar-refractivity contribution in [3.63, 3.8) is 0 Å². The molecule has 0 fully saturated rings. The lowest BCUT2D eigenvalue weighted by molar-refractivity contribution is 0.448. The third-order valence-corrected chi connectivity index (χ3v) is 4.47. The number of hydrogen-bond donors (Lipinski definition) is 2. The first kappa shape index (κ1) is 12.8. The summed E-state index contributed by atoms with van der Waals surface area (Å²) in [6.45, 7) is 3.27. The summed E-state index contributed by atoms with van der Waals surface area (Å²) in [7, 11) is 0. The van der Waals surface area contributed by atoms with Crippen LogP contribution < -0.4 is 5.32 Å². The van der Waals surface area contributed by atoms with Crippen molar-refractivity contribution in [3.05, 3.63) is 29.3 Å². The Morgan fingerprint density at radius 1 is 1.53 bits per heavy atom. The maximum absolute atomic E-state index is 9.60. The van der Waals surface area contributed by atoms with Crippen LogP contribution in [0.1, 0.15) is 36.9 Å². The first-order valence-electron chi connectivity index (χ1n) is 6.28. The minimum Gasteiger partial charge on any atom is -0.508 e. The van der Waals surface area contributed by atoms with E-state index in [1.807, 2.05) is 17.8 Å². The summed E-state index contributed by atoms with van der Waals surface area (Å²) in [4.78, 5) is 0. The topological polar surface area (TPSA) is 32.3 Å². The lowest BCUT2D eigenvalue weighted by Gasteiger charge is -2.27. The Balaban J connectivity index is 2.08. The molecule has 2 atom stereocenters. The molecule has 0 radical (unpaired) electrons. The molecule has 0 amide bonds. The number of rotatable bonds is 4. The Hall–Kier alpha value is -0.670. The molecular formula is C14H21NOS. The van der Waals surface area contributed by atoms with Crippen LogP contribution in [0.15, 0.2) is 18.2 Å². The molecule has 2 unspecified atom stereocenters. The van der Waals surface area contributed by atoms with Gasteiger partial charge in [-0.1, -0.05) is 13.0 Å². The molecule has 94 valence electrons. The molecule has 2 rings (SSSR count). The van der Waals surface area contributed by atoms with Gasteiger partial charge in [0.15, 0.2) is 0 Å². The predicted octanol–water partition coefficient (Wildman–Crippen LogP) is 3.11. The Labute approximate surface area is 108 Å². The van der Waals surface area contributed by atoms with E-state index in [1.54, 1.807) is 6.07 Å². The first-order valence-corrected chi connectivity index (χ1v) is 7.57. The molecular weight excluding hydrogens is 230 g/mol. The maximum atomic E-state index is 9.60. The lowest BCUT2D eigenvalue weighted by atomic mass is 9.87. The molecule has 0 spiro atoms. The number of aromatic hydroxyl groups is 1. The van der Waals surface area contributed by atoms with E-state index in [-0.39, 0.29) is 0 Å². The fourth-order valence-electron chi connectivity index (χ4n) is 2.39. The van der Waals surface area contributed by atoms with Crippen LogP contribution >= 0.6 is 11.8 Å². The van der Waals surface area contributed by atoms with Crippen molar-refractivity contribution in [3.8, 4) is 5.75 Å². The second-order valence-electron chi connectivity index (χ2n) is 4.78. The normalized spacial score (nSPS) is 20.9. The molecule has 1 aliphatic carbocycles. The molecule has 2 N–H and O–H groups in total. The summed E-state index contributed by atoms with van der Waals surface area (Å²) in [5.74, 6) is 0.385. The lowest BCUT2D eigenvalue weighted by Crippen LogP contribution is -2.29. The van der Waals surface area contributed by atoms with Gasteiger partial charge in [0, 0.05) is 17.8 Å². The first-order chi connectivity index (χ1) is 8.20. The van der Waals surface area contributed by atoms with Gasteiger partial charge in [0.1, 0.15) is 5.75 Å². The number of thioether (sulfide) groups is 1. The van der Waals surface area contributed by atoms with E-state index < -0.39 is 0 Å². The van der Waals surface area contributed by atoms with Crippen molar-refractivity contribution >= 4 is 11.8 Å². The van der Waals surface area contributed by atoms with Gasteiger partial charge in [0.25, 0.3) is 0 Å². The zero-order valence-electron chi connectivity index (χ0n) is 10.6. The molecule has 1 aromatic carbocycles. The molecule has 3 heteroatoms. The van der Waals surface area contributed by atoms with Gasteiger partial charge in [-0.25, -0.2) is 0 Å². The summed E-state index contributed by atoms with van der Waals surface area (Å²) >= 11 is 1.89. The molecule has 2 nitrogen and oxygen atoms in total. The fourth-order valence-corrected chi connectivity index (χ4v) is 2.65. The summed E-state index contributed by atoms with van der Waals surface area (Å²) in [6.07, 6.45) is 5.71. The van der Waals surface area contributed by atoms with Crippen molar-refractivity contribution in [2.45, 2.75) is 37.5 Å². The van der Waals surface area contributed by atoms with E-state index in [4.69, 9.17) is 0 Å². The van der Waals surface area contributed by atoms with Gasteiger partial charge in [-0.2, -0.15) is 11.8 Å². The summed E-state index contributed by atoms with van der Waals surface area (Å²) in [5.41, 5.74) is 2.69. The Bertz CT molecular complexity index is 380. The van der Waals surface area contributed by atoms with Crippen molar-refractivity contribution in [2.24, 2.45) is 0 Å². The van der Waals surface area contributed by atoms with Gasteiger partial charge in [-0.3, -0.25) is 0 Å². The second-order valence-corrected chi connectivity index (χ2v) is 6.06. The second kappa shape index (κ2) is 5.78. The number of hydrogen-bond acceptors (Lipinski definition) is 3. The minimum absolute atomic E-state index is 0.385.